The summed E-state index contributed by atoms with van der Waals surface area (Å²) in [5.74, 6) is 0. The molecule has 0 heterocycles. The molecule has 0 aliphatic carbocycles. The number of rotatable bonds is 15. The molecular weight excluding hydrogens is 270 g/mol. The van der Waals surface area contributed by atoms with Gasteiger partial charge in [-0.2, -0.15) is 0 Å². The molecule has 0 aromatic heterocycles. The minimum Gasteiger partial charge on any atom is -0.633 e. The fourth-order valence-corrected chi connectivity index (χ4v) is 1.53. The molecule has 0 spiro atoms. The summed E-state index contributed by atoms with van der Waals surface area (Å²) in [4.78, 5) is 0. The standard InChI is InChI=1S/C12H27NO7/c14-4-10-18-7-1-13(17,2-8-19-11-5-15)3-9-20-12-6-16/h14-16H,1-12H2. The fraction of sp³-hybridized carbons (Fsp3) is 1.00. The molecule has 0 saturated heterocycles. The van der Waals surface area contributed by atoms with E-state index in [1.807, 2.05) is 0 Å². The van der Waals surface area contributed by atoms with Crippen molar-refractivity contribution in [3.8, 4) is 0 Å². The van der Waals surface area contributed by atoms with Gasteiger partial charge in [-0.05, 0) is 0 Å². The third-order valence-electron chi connectivity index (χ3n) is 2.64. The van der Waals surface area contributed by atoms with Crippen LogP contribution in [0.1, 0.15) is 0 Å². The van der Waals surface area contributed by atoms with Crippen LogP contribution in [0.2, 0.25) is 0 Å². The number of aliphatic hydroxyl groups is 3. The van der Waals surface area contributed by atoms with E-state index in [0.29, 0.717) is 0 Å². The third-order valence-corrected chi connectivity index (χ3v) is 2.64. The summed E-state index contributed by atoms with van der Waals surface area (Å²) in [6, 6.07) is 0. The van der Waals surface area contributed by atoms with Crippen molar-refractivity contribution in [3.05, 3.63) is 5.21 Å². The van der Waals surface area contributed by atoms with Crippen LogP contribution in [-0.2, 0) is 14.2 Å². The minimum absolute atomic E-state index is 0.0713. The molecule has 0 fully saturated rings. The Morgan fingerprint density at radius 2 is 0.900 bits per heavy atom. The average Bonchev–Trinajstić information content (AvgIpc) is 2.45. The second-order valence-corrected chi connectivity index (χ2v) is 4.24. The van der Waals surface area contributed by atoms with E-state index in [9.17, 15) is 5.21 Å². The Morgan fingerprint density at radius 3 is 1.15 bits per heavy atom. The van der Waals surface area contributed by atoms with Gasteiger partial charge in [0.05, 0.1) is 59.5 Å². The zero-order valence-electron chi connectivity index (χ0n) is 11.9. The quantitative estimate of drug-likeness (QED) is 0.188. The van der Waals surface area contributed by atoms with Gasteiger partial charge in [-0.15, -0.1) is 0 Å². The second kappa shape index (κ2) is 13.7. The van der Waals surface area contributed by atoms with E-state index in [-0.39, 0.29) is 79.1 Å². The first-order chi connectivity index (χ1) is 9.68. The molecule has 0 unspecified atom stereocenters. The Balaban J connectivity index is 3.98. The van der Waals surface area contributed by atoms with Crippen LogP contribution in [0.15, 0.2) is 0 Å². The number of hydrogen-bond donors (Lipinski definition) is 3. The van der Waals surface area contributed by atoms with Crippen molar-refractivity contribution in [1.82, 2.24) is 0 Å². The number of nitrogens with zero attached hydrogens (tertiary/aromatic N) is 1. The van der Waals surface area contributed by atoms with Gasteiger partial charge >= 0.3 is 0 Å². The van der Waals surface area contributed by atoms with E-state index in [1.54, 1.807) is 0 Å². The molecule has 0 aromatic carbocycles. The molecule has 122 valence electrons. The van der Waals surface area contributed by atoms with Gasteiger partial charge in [0.25, 0.3) is 0 Å². The van der Waals surface area contributed by atoms with E-state index >= 15 is 0 Å². The molecule has 0 aliphatic heterocycles. The van der Waals surface area contributed by atoms with E-state index in [2.05, 4.69) is 0 Å². The second-order valence-electron chi connectivity index (χ2n) is 4.24. The first-order valence-corrected chi connectivity index (χ1v) is 6.81. The van der Waals surface area contributed by atoms with Crippen LogP contribution in [-0.4, -0.2) is 99.1 Å². The summed E-state index contributed by atoms with van der Waals surface area (Å²) < 4.78 is 14.8. The summed E-state index contributed by atoms with van der Waals surface area (Å²) >= 11 is 0. The molecule has 0 aromatic rings. The van der Waals surface area contributed by atoms with Crippen molar-refractivity contribution >= 4 is 0 Å². The van der Waals surface area contributed by atoms with Crippen LogP contribution in [0.25, 0.3) is 0 Å². The smallest absolute Gasteiger partial charge is 0.102 e. The number of aliphatic hydroxyl groups excluding tert-OH is 3. The van der Waals surface area contributed by atoms with E-state index < -0.39 is 4.65 Å². The maximum Gasteiger partial charge on any atom is 0.102 e. The molecule has 0 atom stereocenters. The van der Waals surface area contributed by atoms with E-state index in [4.69, 9.17) is 29.5 Å². The van der Waals surface area contributed by atoms with E-state index in [0.717, 1.165) is 0 Å². The molecular formula is C12H27NO7. The molecule has 3 N–H and O–H groups in total. The highest BCUT2D eigenvalue weighted by atomic mass is 16.6. The summed E-state index contributed by atoms with van der Waals surface area (Å²) in [5, 5.41) is 38.3. The van der Waals surface area contributed by atoms with Gasteiger partial charge in [0, 0.05) is 0 Å². The van der Waals surface area contributed by atoms with Crippen molar-refractivity contribution in [3.63, 3.8) is 0 Å². The zero-order valence-corrected chi connectivity index (χ0v) is 11.9. The zero-order chi connectivity index (χ0) is 15.1. The van der Waals surface area contributed by atoms with Crippen molar-refractivity contribution in [1.29, 1.82) is 0 Å². The van der Waals surface area contributed by atoms with E-state index in [1.165, 1.54) is 0 Å². The van der Waals surface area contributed by atoms with Crippen molar-refractivity contribution in [2.75, 3.05) is 79.1 Å². The highest BCUT2D eigenvalue weighted by molar-refractivity contribution is 4.46. The van der Waals surface area contributed by atoms with Crippen LogP contribution in [0.3, 0.4) is 0 Å². The van der Waals surface area contributed by atoms with Crippen LogP contribution in [0.4, 0.5) is 0 Å². The largest absolute Gasteiger partial charge is 0.633 e. The highest BCUT2D eigenvalue weighted by Gasteiger charge is 2.16. The molecule has 0 aliphatic rings. The fourth-order valence-electron chi connectivity index (χ4n) is 1.53. The SMILES string of the molecule is [O-][N+](CCOCCO)(CCOCCO)CCOCCO. The predicted octanol–water partition coefficient (Wildman–Crippen LogP) is -1.67. The molecule has 0 saturated carbocycles. The topological polar surface area (TPSA) is 111 Å². The molecule has 8 nitrogen and oxygen atoms in total. The summed E-state index contributed by atoms with van der Waals surface area (Å²) in [6.45, 7) is 1.90. The number of quaternary nitrogens is 1. The van der Waals surface area contributed by atoms with Gasteiger partial charge in [0.2, 0.25) is 0 Å². The van der Waals surface area contributed by atoms with Crippen LogP contribution >= 0.6 is 0 Å². The highest BCUT2D eigenvalue weighted by Crippen LogP contribution is 2.04. The van der Waals surface area contributed by atoms with Crippen LogP contribution in [0.5, 0.6) is 0 Å². The molecule has 0 bridgehead atoms. The summed E-state index contributed by atoms with van der Waals surface area (Å²) in [7, 11) is 0. The average molecular weight is 297 g/mol. The van der Waals surface area contributed by atoms with Gasteiger partial charge < -0.3 is 39.4 Å². The maximum absolute atomic E-state index is 12.5. The Labute approximate surface area is 119 Å². The Bertz CT molecular complexity index is 175. The predicted molar refractivity (Wildman–Crippen MR) is 71.9 cm³/mol. The van der Waals surface area contributed by atoms with Crippen molar-refractivity contribution in [2.45, 2.75) is 0 Å². The van der Waals surface area contributed by atoms with Crippen LogP contribution in [0, 0.1) is 5.21 Å². The van der Waals surface area contributed by atoms with Gasteiger partial charge in [-0.3, -0.25) is 0 Å². The lowest BCUT2D eigenvalue weighted by Gasteiger charge is -2.42. The molecule has 0 rings (SSSR count). The lowest BCUT2D eigenvalue weighted by Crippen LogP contribution is -2.49. The van der Waals surface area contributed by atoms with Crippen LogP contribution < -0.4 is 0 Å². The molecule has 0 amide bonds. The Kier molecular flexibility index (Phi) is 13.4. The van der Waals surface area contributed by atoms with Crippen molar-refractivity contribution < 1.29 is 34.2 Å². The molecule has 0 radical (unpaired) electrons. The summed E-state index contributed by atoms with van der Waals surface area (Å²) in [6.07, 6.45) is 0. The first-order valence-electron chi connectivity index (χ1n) is 6.81. The normalized spacial score (nSPS) is 12.0. The van der Waals surface area contributed by atoms with Crippen molar-refractivity contribution in [2.24, 2.45) is 0 Å². The third kappa shape index (κ3) is 11.5. The number of hydrogen-bond acceptors (Lipinski definition) is 7. The summed E-state index contributed by atoms with van der Waals surface area (Å²) in [5.41, 5.74) is 0. The minimum atomic E-state index is -0.526. The van der Waals surface area contributed by atoms with Gasteiger partial charge in [-0.25, -0.2) is 0 Å². The lowest BCUT2D eigenvalue weighted by molar-refractivity contribution is -0.882. The lowest BCUT2D eigenvalue weighted by atomic mass is 10.4. The van der Waals surface area contributed by atoms with Gasteiger partial charge in [-0.1, -0.05) is 0 Å². The maximum atomic E-state index is 12.5. The Morgan fingerprint density at radius 1 is 0.600 bits per heavy atom. The molecule has 20 heavy (non-hydrogen) atoms. The van der Waals surface area contributed by atoms with Gasteiger partial charge in [0.15, 0.2) is 0 Å². The monoisotopic (exact) mass is 297 g/mol. The number of hydroxylamine groups is 3. The molecule has 8 heteroatoms. The number of ether oxygens (including phenoxy) is 3. The van der Waals surface area contributed by atoms with Gasteiger partial charge in [0.1, 0.15) is 19.6 Å². The first kappa shape index (κ1) is 19.7. The Hall–Kier alpha value is -0.320.